The van der Waals surface area contributed by atoms with Gasteiger partial charge in [0.1, 0.15) is 19.3 Å². The van der Waals surface area contributed by atoms with Crippen LogP contribution in [0.3, 0.4) is 0 Å². The first-order chi connectivity index (χ1) is 39.6. The zero-order valence-corrected chi connectivity index (χ0v) is 54.4. The van der Waals surface area contributed by atoms with Crippen LogP contribution in [0, 0.1) is 5.92 Å². The van der Waals surface area contributed by atoms with Crippen LogP contribution in [0.15, 0.2) is 0 Å². The first kappa shape index (κ1) is 80.1. The number of hydrogen-bond donors (Lipinski definition) is 3. The largest absolute Gasteiger partial charge is 0.472 e. The van der Waals surface area contributed by atoms with Gasteiger partial charge in [-0.25, -0.2) is 9.13 Å². The second-order valence-corrected chi connectivity index (χ2v) is 25.9. The van der Waals surface area contributed by atoms with Gasteiger partial charge in [0.05, 0.1) is 26.4 Å². The Labute approximate surface area is 498 Å². The van der Waals surface area contributed by atoms with E-state index in [1.54, 1.807) is 0 Å². The van der Waals surface area contributed by atoms with E-state index in [0.717, 1.165) is 109 Å². The van der Waals surface area contributed by atoms with E-state index in [9.17, 15) is 43.2 Å². The lowest BCUT2D eigenvalue weighted by Crippen LogP contribution is -2.30. The van der Waals surface area contributed by atoms with Crippen LogP contribution in [0.1, 0.15) is 317 Å². The molecule has 19 heteroatoms. The maximum absolute atomic E-state index is 13.0. The summed E-state index contributed by atoms with van der Waals surface area (Å²) in [6.07, 6.45) is 40.3. The number of hydrogen-bond acceptors (Lipinski definition) is 15. The van der Waals surface area contributed by atoms with Crippen LogP contribution in [0.4, 0.5) is 0 Å². The minimum atomic E-state index is -4.94. The number of carbonyl (C=O) groups is 4. The number of unbranched alkanes of at least 4 members (excludes halogenated alkanes) is 34. The lowest BCUT2D eigenvalue weighted by atomic mass is 9.99. The van der Waals surface area contributed by atoms with E-state index in [-0.39, 0.29) is 25.7 Å². The van der Waals surface area contributed by atoms with Crippen LogP contribution in [0.25, 0.3) is 0 Å². The highest BCUT2D eigenvalue weighted by Gasteiger charge is 2.30. The summed E-state index contributed by atoms with van der Waals surface area (Å²) in [5, 5.41) is 10.5. The van der Waals surface area contributed by atoms with Crippen molar-refractivity contribution >= 4 is 39.5 Å². The molecule has 3 unspecified atom stereocenters. The first-order valence-electron chi connectivity index (χ1n) is 33.2. The van der Waals surface area contributed by atoms with Gasteiger partial charge in [-0.2, -0.15) is 0 Å². The molecule has 0 saturated carbocycles. The van der Waals surface area contributed by atoms with E-state index < -0.39 is 97.5 Å². The van der Waals surface area contributed by atoms with E-state index in [2.05, 4.69) is 34.6 Å². The fourth-order valence-corrected chi connectivity index (χ4v) is 11.0. The van der Waals surface area contributed by atoms with Crippen LogP contribution in [0.5, 0.6) is 0 Å². The first-order valence-corrected chi connectivity index (χ1v) is 36.2. The van der Waals surface area contributed by atoms with Crippen molar-refractivity contribution in [2.45, 2.75) is 335 Å². The van der Waals surface area contributed by atoms with Crippen molar-refractivity contribution in [3.8, 4) is 0 Å². The Kier molecular flexibility index (Phi) is 55.5. The average Bonchev–Trinajstić information content (AvgIpc) is 3.45. The molecule has 0 aliphatic carbocycles. The fraction of sp³-hybridized carbons (Fsp3) is 0.937. The SMILES string of the molecule is CCCCCCCCCCCCCCCCC(=O)O[C@H](COC(=O)CCCCCCCCCCC(C)CC)COP(=O)(O)OC[C@@H](O)COP(=O)(O)OC[C@@H](COC(=O)CCCCCCCCCC)OC(=O)CCCCCCCCCC. The summed E-state index contributed by atoms with van der Waals surface area (Å²) in [5.41, 5.74) is 0. The zero-order valence-electron chi connectivity index (χ0n) is 52.6. The molecule has 0 bridgehead atoms. The second kappa shape index (κ2) is 56.8. The highest BCUT2D eigenvalue weighted by Crippen LogP contribution is 2.45. The van der Waals surface area contributed by atoms with Gasteiger partial charge < -0.3 is 33.8 Å². The second-order valence-electron chi connectivity index (χ2n) is 23.0. The van der Waals surface area contributed by atoms with Gasteiger partial charge in [-0.1, -0.05) is 266 Å². The number of phosphoric acid groups is 2. The molecule has 0 aromatic heterocycles. The number of aliphatic hydroxyl groups is 1. The van der Waals surface area contributed by atoms with Gasteiger partial charge in [-0.05, 0) is 31.6 Å². The molecule has 3 N–H and O–H groups in total. The monoisotopic (exact) mass is 1210 g/mol. The van der Waals surface area contributed by atoms with Gasteiger partial charge in [-0.3, -0.25) is 37.3 Å². The fourth-order valence-electron chi connectivity index (χ4n) is 9.37. The van der Waals surface area contributed by atoms with Gasteiger partial charge in [0.15, 0.2) is 12.2 Å². The highest BCUT2D eigenvalue weighted by atomic mass is 31.2. The van der Waals surface area contributed by atoms with Gasteiger partial charge in [0.25, 0.3) is 0 Å². The van der Waals surface area contributed by atoms with Crippen LogP contribution in [0.2, 0.25) is 0 Å². The molecule has 0 heterocycles. The van der Waals surface area contributed by atoms with Gasteiger partial charge in [-0.15, -0.1) is 0 Å². The zero-order chi connectivity index (χ0) is 60.6. The molecule has 0 aliphatic heterocycles. The van der Waals surface area contributed by atoms with Crippen molar-refractivity contribution < 1.29 is 80.2 Å². The summed E-state index contributed by atoms with van der Waals surface area (Å²) in [5.74, 6) is -1.36. The van der Waals surface area contributed by atoms with Gasteiger partial charge in [0, 0.05) is 25.7 Å². The highest BCUT2D eigenvalue weighted by molar-refractivity contribution is 7.47. The third-order valence-electron chi connectivity index (χ3n) is 14.9. The van der Waals surface area contributed by atoms with Crippen LogP contribution in [-0.4, -0.2) is 96.7 Å². The summed E-state index contributed by atoms with van der Waals surface area (Å²) in [4.78, 5) is 72.0. The Morgan fingerprint density at radius 1 is 0.341 bits per heavy atom. The molecule has 0 aromatic rings. The summed E-state index contributed by atoms with van der Waals surface area (Å²) >= 11 is 0. The smallest absolute Gasteiger partial charge is 0.462 e. The van der Waals surface area contributed by atoms with Crippen molar-refractivity contribution in [2.24, 2.45) is 5.92 Å². The van der Waals surface area contributed by atoms with E-state index in [1.807, 2.05) is 0 Å². The predicted octanol–water partition coefficient (Wildman–Crippen LogP) is 17.4. The molecule has 0 fully saturated rings. The normalized spacial score (nSPS) is 14.6. The standard InChI is InChI=1S/C63H122O17P2/c1-6-10-13-16-19-22-23-24-25-26-27-34-39-44-49-63(68)80-59(53-74-61(66)47-42-37-33-29-28-30-35-40-45-56(5)9-4)55-78-82(71,72)76-51-57(64)50-75-81(69,70)77-54-58(79-62(67)48-43-38-32-21-18-15-12-8-3)52-73-60(65)46-41-36-31-20-17-14-11-7-2/h56-59,64H,6-55H2,1-5H3,(H,69,70)(H,71,72)/t56?,57-,58+,59+/m0/s1. The molecule has 6 atom stereocenters. The molecule has 0 aromatic carbocycles. The molecule has 0 radical (unpaired) electrons. The Balaban J connectivity index is 5.21. The van der Waals surface area contributed by atoms with Crippen LogP contribution in [-0.2, 0) is 65.4 Å². The molecular formula is C63H122O17P2. The summed E-state index contributed by atoms with van der Waals surface area (Å²) in [6.45, 7) is 7.14. The minimum absolute atomic E-state index is 0.105. The third-order valence-corrected chi connectivity index (χ3v) is 16.8. The molecule has 0 saturated heterocycles. The minimum Gasteiger partial charge on any atom is -0.462 e. The number of carbonyl (C=O) groups excluding carboxylic acids is 4. The predicted molar refractivity (Wildman–Crippen MR) is 326 cm³/mol. The lowest BCUT2D eigenvalue weighted by Gasteiger charge is -2.21. The van der Waals surface area contributed by atoms with Crippen molar-refractivity contribution in [2.75, 3.05) is 39.6 Å². The Morgan fingerprint density at radius 2 is 0.585 bits per heavy atom. The van der Waals surface area contributed by atoms with Crippen molar-refractivity contribution in [1.82, 2.24) is 0 Å². The average molecular weight is 1210 g/mol. The molecule has 17 nitrogen and oxygen atoms in total. The number of rotatable bonds is 63. The Bertz CT molecular complexity index is 1600. The maximum atomic E-state index is 13.0. The summed E-state index contributed by atoms with van der Waals surface area (Å²) in [7, 11) is -9.88. The quantitative estimate of drug-likeness (QED) is 0.0222. The number of esters is 4. The van der Waals surface area contributed by atoms with E-state index in [1.165, 1.54) is 128 Å². The summed E-state index contributed by atoms with van der Waals surface area (Å²) < 4.78 is 67.9. The number of phosphoric ester groups is 2. The van der Waals surface area contributed by atoms with Crippen molar-refractivity contribution in [3.05, 3.63) is 0 Å². The molecular weight excluding hydrogens is 1090 g/mol. The lowest BCUT2D eigenvalue weighted by molar-refractivity contribution is -0.161. The van der Waals surface area contributed by atoms with E-state index in [0.29, 0.717) is 25.7 Å². The molecule has 0 amide bonds. The molecule has 0 spiro atoms. The molecule has 82 heavy (non-hydrogen) atoms. The topological polar surface area (TPSA) is 237 Å². The van der Waals surface area contributed by atoms with Crippen molar-refractivity contribution in [3.63, 3.8) is 0 Å². The Morgan fingerprint density at radius 3 is 0.866 bits per heavy atom. The van der Waals surface area contributed by atoms with Crippen LogP contribution >= 0.6 is 15.6 Å². The number of aliphatic hydroxyl groups excluding tert-OH is 1. The van der Waals surface area contributed by atoms with Gasteiger partial charge >= 0.3 is 39.5 Å². The summed E-state index contributed by atoms with van der Waals surface area (Å²) in [6, 6.07) is 0. The number of ether oxygens (including phenoxy) is 4. The third kappa shape index (κ3) is 55.9. The Hall–Kier alpha value is -1.94. The maximum Gasteiger partial charge on any atom is 0.472 e. The van der Waals surface area contributed by atoms with E-state index in [4.69, 9.17) is 37.0 Å². The van der Waals surface area contributed by atoms with Crippen molar-refractivity contribution in [1.29, 1.82) is 0 Å². The molecule has 0 rings (SSSR count). The molecule has 486 valence electrons. The van der Waals surface area contributed by atoms with Crippen LogP contribution < -0.4 is 0 Å². The van der Waals surface area contributed by atoms with Gasteiger partial charge in [0.2, 0.25) is 0 Å². The molecule has 0 aliphatic rings. The van der Waals surface area contributed by atoms with E-state index >= 15 is 0 Å².